The summed E-state index contributed by atoms with van der Waals surface area (Å²) < 4.78 is 69.0. The molecule has 0 aliphatic heterocycles. The first-order valence-electron chi connectivity index (χ1n) is 46.1. The third kappa shape index (κ3) is 82.1. The first-order valence-corrected chi connectivity index (χ1v) is 49.1. The Morgan fingerprint density at radius 3 is 0.630 bits per heavy atom. The summed E-state index contributed by atoms with van der Waals surface area (Å²) in [6, 6.07) is 0. The molecule has 0 bridgehead atoms. The van der Waals surface area contributed by atoms with E-state index in [4.69, 9.17) is 37.0 Å². The number of aliphatic hydroxyl groups excluding tert-OH is 1. The Bertz CT molecular complexity index is 2050. The molecule has 0 radical (unpaired) electrons. The summed E-state index contributed by atoms with van der Waals surface area (Å²) in [4.78, 5) is 73.3. The zero-order chi connectivity index (χ0) is 79.0. The molecule has 0 aromatic carbocycles. The molecule has 642 valence electrons. The minimum absolute atomic E-state index is 0.108. The summed E-state index contributed by atoms with van der Waals surface area (Å²) in [5, 5.41) is 10.7. The smallest absolute Gasteiger partial charge is 0.462 e. The maximum absolute atomic E-state index is 13.2. The van der Waals surface area contributed by atoms with Crippen molar-refractivity contribution in [3.05, 3.63) is 0 Å². The number of ether oxygens (including phenoxy) is 4. The maximum Gasteiger partial charge on any atom is 0.472 e. The summed E-state index contributed by atoms with van der Waals surface area (Å²) in [7, 11) is -9.93. The monoisotopic (exact) mass is 1580 g/mol. The van der Waals surface area contributed by atoms with Gasteiger partial charge in [0.05, 0.1) is 26.4 Å². The molecule has 0 spiro atoms. The number of esters is 4. The van der Waals surface area contributed by atoms with Gasteiger partial charge in [-0.25, -0.2) is 9.13 Å². The van der Waals surface area contributed by atoms with Crippen LogP contribution in [0.2, 0.25) is 0 Å². The van der Waals surface area contributed by atoms with Gasteiger partial charge in [0.25, 0.3) is 0 Å². The minimum atomic E-state index is -4.97. The summed E-state index contributed by atoms with van der Waals surface area (Å²) in [5.41, 5.74) is 0. The second kappa shape index (κ2) is 81.6. The Kier molecular flexibility index (Phi) is 80.2. The first kappa shape index (κ1) is 106. The van der Waals surface area contributed by atoms with Gasteiger partial charge in [-0.15, -0.1) is 0 Å². The fraction of sp³-hybridized carbons (Fsp3) is 0.955. The van der Waals surface area contributed by atoms with E-state index in [2.05, 4.69) is 34.6 Å². The van der Waals surface area contributed by atoms with Crippen LogP contribution in [0.4, 0.5) is 0 Å². The van der Waals surface area contributed by atoms with Gasteiger partial charge >= 0.3 is 39.5 Å². The number of hydrogen-bond acceptors (Lipinski definition) is 15. The molecular formula is C89H174O17P2. The first-order chi connectivity index (χ1) is 52.5. The predicted octanol–water partition coefficient (Wildman–Crippen LogP) is 27.5. The summed E-state index contributed by atoms with van der Waals surface area (Å²) in [5.74, 6) is -1.31. The second-order valence-electron chi connectivity index (χ2n) is 32.5. The molecule has 0 aliphatic rings. The average Bonchev–Trinajstić information content (AvgIpc) is 0.903. The van der Waals surface area contributed by atoms with Crippen molar-refractivity contribution in [1.82, 2.24) is 0 Å². The number of carbonyl (C=O) groups excluding carboxylic acids is 4. The molecule has 0 aliphatic carbocycles. The van der Waals surface area contributed by atoms with E-state index in [0.717, 1.165) is 95.8 Å². The largest absolute Gasteiger partial charge is 0.472 e. The quantitative estimate of drug-likeness (QED) is 0.0222. The zero-order valence-electron chi connectivity index (χ0n) is 71.0. The van der Waals surface area contributed by atoms with Gasteiger partial charge in [0.1, 0.15) is 19.3 Å². The van der Waals surface area contributed by atoms with Crippen LogP contribution in [-0.4, -0.2) is 96.7 Å². The number of carbonyl (C=O) groups is 4. The van der Waals surface area contributed by atoms with Crippen molar-refractivity contribution in [1.29, 1.82) is 0 Å². The van der Waals surface area contributed by atoms with Crippen LogP contribution in [0.5, 0.6) is 0 Å². The molecule has 5 atom stereocenters. The average molecular weight is 1580 g/mol. The molecular weight excluding hydrogens is 1400 g/mol. The highest BCUT2D eigenvalue weighted by Gasteiger charge is 2.30. The van der Waals surface area contributed by atoms with Crippen LogP contribution in [0.25, 0.3) is 0 Å². The highest BCUT2D eigenvalue weighted by molar-refractivity contribution is 7.47. The minimum Gasteiger partial charge on any atom is -0.462 e. The Hall–Kier alpha value is -1.94. The van der Waals surface area contributed by atoms with E-state index in [-0.39, 0.29) is 25.7 Å². The van der Waals surface area contributed by atoms with E-state index in [1.807, 2.05) is 0 Å². The van der Waals surface area contributed by atoms with Crippen LogP contribution in [-0.2, 0) is 65.4 Å². The Labute approximate surface area is 664 Å². The van der Waals surface area contributed by atoms with Crippen molar-refractivity contribution in [3.8, 4) is 0 Å². The summed E-state index contributed by atoms with van der Waals surface area (Å²) in [6.07, 6.45) is 76.5. The Balaban J connectivity index is 5.23. The van der Waals surface area contributed by atoms with E-state index < -0.39 is 97.5 Å². The van der Waals surface area contributed by atoms with Crippen LogP contribution in [0, 0.1) is 5.92 Å². The fourth-order valence-corrected chi connectivity index (χ4v) is 15.6. The van der Waals surface area contributed by atoms with Gasteiger partial charge in [0.2, 0.25) is 0 Å². The maximum atomic E-state index is 13.2. The predicted molar refractivity (Wildman–Crippen MR) is 446 cm³/mol. The lowest BCUT2D eigenvalue weighted by molar-refractivity contribution is -0.161. The van der Waals surface area contributed by atoms with Crippen molar-refractivity contribution in [2.24, 2.45) is 5.92 Å². The lowest BCUT2D eigenvalue weighted by atomic mass is 10.0. The number of aliphatic hydroxyl groups is 1. The molecule has 0 fully saturated rings. The number of unbranched alkanes of at least 4 members (excludes halogenated alkanes) is 61. The summed E-state index contributed by atoms with van der Waals surface area (Å²) in [6.45, 7) is 7.39. The molecule has 0 saturated heterocycles. The molecule has 0 heterocycles. The van der Waals surface area contributed by atoms with Crippen LogP contribution < -0.4 is 0 Å². The molecule has 17 nitrogen and oxygen atoms in total. The lowest BCUT2D eigenvalue weighted by Gasteiger charge is -2.21. The molecule has 2 unspecified atom stereocenters. The van der Waals surface area contributed by atoms with Crippen molar-refractivity contribution in [3.63, 3.8) is 0 Å². The van der Waals surface area contributed by atoms with Crippen LogP contribution in [0.3, 0.4) is 0 Å². The van der Waals surface area contributed by atoms with Crippen molar-refractivity contribution >= 4 is 39.5 Å². The number of phosphoric acid groups is 2. The van der Waals surface area contributed by atoms with Gasteiger partial charge in [-0.3, -0.25) is 37.3 Å². The molecule has 19 heteroatoms. The van der Waals surface area contributed by atoms with Crippen LogP contribution in [0.1, 0.15) is 484 Å². The van der Waals surface area contributed by atoms with Gasteiger partial charge in [0.15, 0.2) is 12.2 Å². The van der Waals surface area contributed by atoms with E-state index in [1.54, 1.807) is 0 Å². The number of phosphoric ester groups is 2. The molecule has 0 rings (SSSR count). The van der Waals surface area contributed by atoms with Crippen LogP contribution >= 0.6 is 15.6 Å². The standard InChI is InChI=1S/C89H174O17P2/c1-6-9-12-15-18-21-24-26-28-30-32-34-36-38-40-44-49-54-59-64-69-74-88(93)106-85(79-100-87(92)73-68-63-58-53-48-43-39-37-35-33-31-29-27-25-22-19-16-13-10-7-2)81-104-108(97,98)102-77-83(90)76-101-107(95,96)103-80-84(78-99-86(91)72-67-62-57-52-46-23-20-17-14-11-8-3)105-89(94)75-70-65-60-55-50-45-41-42-47-51-56-61-66-71-82(4)5/h82-85,90H,6-81H2,1-5H3,(H,95,96)(H,97,98)/t83-,84+,85+/m0/s1. The Morgan fingerprint density at radius 2 is 0.426 bits per heavy atom. The van der Waals surface area contributed by atoms with Gasteiger partial charge in [-0.2, -0.15) is 0 Å². The third-order valence-electron chi connectivity index (χ3n) is 21.0. The van der Waals surface area contributed by atoms with Crippen LogP contribution in [0.15, 0.2) is 0 Å². The SMILES string of the molecule is CCCCCCCCCCCCCCCCCCCCCCCC(=O)O[C@H](COC(=O)CCCCCCCCCCCCCCCCCCCCCC)COP(=O)(O)OC[C@@H](O)COP(=O)(O)OC[C@@H](COC(=O)CCCCCCCCCCCCC)OC(=O)CCCCCCCCCCCCCCCC(C)C. The number of hydrogen-bond donors (Lipinski definition) is 3. The van der Waals surface area contributed by atoms with Crippen molar-refractivity contribution in [2.45, 2.75) is 502 Å². The van der Waals surface area contributed by atoms with Crippen molar-refractivity contribution in [2.75, 3.05) is 39.6 Å². The van der Waals surface area contributed by atoms with Gasteiger partial charge in [0, 0.05) is 25.7 Å². The normalized spacial score (nSPS) is 13.7. The topological polar surface area (TPSA) is 237 Å². The highest BCUT2D eigenvalue weighted by atomic mass is 31.2. The van der Waals surface area contributed by atoms with Crippen molar-refractivity contribution < 1.29 is 80.2 Å². The molecule has 0 aromatic heterocycles. The zero-order valence-corrected chi connectivity index (χ0v) is 72.8. The third-order valence-corrected chi connectivity index (χ3v) is 22.9. The van der Waals surface area contributed by atoms with E-state index in [1.165, 1.54) is 308 Å². The molecule has 108 heavy (non-hydrogen) atoms. The van der Waals surface area contributed by atoms with E-state index in [9.17, 15) is 43.2 Å². The van der Waals surface area contributed by atoms with E-state index in [0.29, 0.717) is 25.7 Å². The molecule has 3 N–H and O–H groups in total. The Morgan fingerprint density at radius 1 is 0.250 bits per heavy atom. The fourth-order valence-electron chi connectivity index (χ4n) is 14.0. The molecule has 0 aromatic rings. The van der Waals surface area contributed by atoms with Gasteiger partial charge < -0.3 is 33.8 Å². The lowest BCUT2D eigenvalue weighted by Crippen LogP contribution is -2.30. The van der Waals surface area contributed by atoms with Gasteiger partial charge in [-0.1, -0.05) is 433 Å². The molecule has 0 saturated carbocycles. The highest BCUT2D eigenvalue weighted by Crippen LogP contribution is 2.45. The summed E-state index contributed by atoms with van der Waals surface area (Å²) >= 11 is 0. The number of rotatable bonds is 89. The van der Waals surface area contributed by atoms with Gasteiger partial charge in [-0.05, 0) is 31.6 Å². The second-order valence-corrected chi connectivity index (χ2v) is 35.4. The molecule has 0 amide bonds. The van der Waals surface area contributed by atoms with E-state index >= 15 is 0 Å².